The minimum atomic E-state index is -0.975. The van der Waals surface area contributed by atoms with Crippen molar-refractivity contribution >= 4 is 23.7 Å². The minimum absolute atomic E-state index is 0.00939. The number of carboxylic acid groups (broad SMARTS) is 2. The molecule has 3 atom stereocenters. The number of rotatable bonds is 5. The van der Waals surface area contributed by atoms with Gasteiger partial charge in [-0.3, -0.25) is 14.5 Å². The molecule has 1 aliphatic heterocycles. The quantitative estimate of drug-likeness (QED) is 0.843. The average molecular weight is 358 g/mol. The fraction of sp³-hybridized carbons (Fsp3) is 0.526. The van der Waals surface area contributed by atoms with Crippen LogP contribution in [0, 0.1) is 5.92 Å². The molecule has 0 bridgehead atoms. The molecule has 0 spiro atoms. The third-order valence-corrected chi connectivity index (χ3v) is 5.83. The maximum Gasteiger partial charge on any atom is 0.412 e. The van der Waals surface area contributed by atoms with Gasteiger partial charge in [0.2, 0.25) is 5.91 Å². The Hall–Kier alpha value is -2.57. The maximum atomic E-state index is 12.9. The molecule has 2 amide bonds. The van der Waals surface area contributed by atoms with Gasteiger partial charge in [-0.05, 0) is 37.3 Å². The molecular formula is C19H22N2O5. The summed E-state index contributed by atoms with van der Waals surface area (Å²) in [6.45, 7) is 0. The average Bonchev–Trinajstić information content (AvgIpc) is 3.40. The van der Waals surface area contributed by atoms with Gasteiger partial charge in [-0.2, -0.15) is 0 Å². The fourth-order valence-corrected chi connectivity index (χ4v) is 4.45. The molecule has 4 rings (SSSR count). The van der Waals surface area contributed by atoms with Crippen LogP contribution in [0.2, 0.25) is 0 Å². The van der Waals surface area contributed by atoms with Crippen molar-refractivity contribution in [3.63, 3.8) is 0 Å². The minimum Gasteiger partial charge on any atom is -0.481 e. The van der Waals surface area contributed by atoms with E-state index in [1.54, 1.807) is 6.07 Å². The highest BCUT2D eigenvalue weighted by molar-refractivity contribution is 5.90. The standard InChI is InChI=1S/C19H22N2O5/c22-16(9-10-17(23)24)20(11-5-6-11)18-12-3-1-2-4-14(12)21(19(25)26)15-8-7-13(15)18/h1-4,11,13,15,18H,5-10H2,(H,23,24)(H,25,26)/t13-,15+,18+/m0/s1. The Labute approximate surface area is 151 Å². The molecule has 7 heteroatoms. The molecule has 26 heavy (non-hydrogen) atoms. The van der Waals surface area contributed by atoms with Crippen LogP contribution in [0.5, 0.6) is 0 Å². The number of para-hydroxylation sites is 1. The zero-order chi connectivity index (χ0) is 18.4. The summed E-state index contributed by atoms with van der Waals surface area (Å²) in [5.41, 5.74) is 1.52. The van der Waals surface area contributed by atoms with E-state index in [-0.39, 0.29) is 42.8 Å². The van der Waals surface area contributed by atoms with E-state index in [0.29, 0.717) is 5.69 Å². The number of carbonyl (C=O) groups is 3. The van der Waals surface area contributed by atoms with Gasteiger partial charge in [-0.1, -0.05) is 18.2 Å². The summed E-state index contributed by atoms with van der Waals surface area (Å²) >= 11 is 0. The van der Waals surface area contributed by atoms with Crippen LogP contribution in [0.4, 0.5) is 10.5 Å². The monoisotopic (exact) mass is 358 g/mol. The number of benzene rings is 1. The topological polar surface area (TPSA) is 98.2 Å². The number of hydrogen-bond acceptors (Lipinski definition) is 3. The molecule has 0 aromatic heterocycles. The van der Waals surface area contributed by atoms with Crippen molar-refractivity contribution in [3.8, 4) is 0 Å². The molecule has 1 aromatic carbocycles. The normalized spacial score (nSPS) is 26.3. The fourth-order valence-electron chi connectivity index (χ4n) is 4.45. The highest BCUT2D eigenvalue weighted by atomic mass is 16.4. The molecule has 2 fully saturated rings. The second kappa shape index (κ2) is 6.30. The number of hydrogen-bond donors (Lipinski definition) is 2. The lowest BCUT2D eigenvalue weighted by Crippen LogP contribution is -2.59. The third kappa shape index (κ3) is 2.71. The molecule has 0 unspecified atom stereocenters. The van der Waals surface area contributed by atoms with Crippen molar-refractivity contribution < 1.29 is 24.6 Å². The molecule has 0 radical (unpaired) electrons. The van der Waals surface area contributed by atoms with Gasteiger partial charge in [0.1, 0.15) is 0 Å². The van der Waals surface area contributed by atoms with Crippen molar-refractivity contribution in [2.45, 2.75) is 56.7 Å². The van der Waals surface area contributed by atoms with E-state index < -0.39 is 12.1 Å². The van der Waals surface area contributed by atoms with Crippen molar-refractivity contribution in [3.05, 3.63) is 29.8 Å². The van der Waals surface area contributed by atoms with Gasteiger partial charge < -0.3 is 15.1 Å². The van der Waals surface area contributed by atoms with E-state index in [4.69, 9.17) is 5.11 Å². The number of amides is 2. The zero-order valence-electron chi connectivity index (χ0n) is 14.4. The van der Waals surface area contributed by atoms with Crippen molar-refractivity contribution in [1.82, 2.24) is 4.90 Å². The largest absolute Gasteiger partial charge is 0.481 e. The Morgan fingerprint density at radius 3 is 2.35 bits per heavy atom. The summed E-state index contributed by atoms with van der Waals surface area (Å²) in [5.74, 6) is -1.03. The Balaban J connectivity index is 1.72. The van der Waals surface area contributed by atoms with E-state index in [0.717, 1.165) is 31.2 Å². The first-order valence-corrected chi connectivity index (χ1v) is 9.13. The van der Waals surface area contributed by atoms with Crippen LogP contribution >= 0.6 is 0 Å². The van der Waals surface area contributed by atoms with E-state index in [9.17, 15) is 19.5 Å². The lowest BCUT2D eigenvalue weighted by molar-refractivity contribution is -0.143. The Kier molecular flexibility index (Phi) is 4.09. The summed E-state index contributed by atoms with van der Waals surface area (Å²) in [4.78, 5) is 38.9. The maximum absolute atomic E-state index is 12.9. The van der Waals surface area contributed by atoms with Crippen LogP contribution in [-0.4, -0.2) is 45.2 Å². The first-order chi connectivity index (χ1) is 12.5. The van der Waals surface area contributed by atoms with E-state index in [1.807, 2.05) is 23.1 Å². The summed E-state index contributed by atoms with van der Waals surface area (Å²) < 4.78 is 0. The molecule has 2 aliphatic carbocycles. The van der Waals surface area contributed by atoms with Gasteiger partial charge in [0, 0.05) is 24.4 Å². The molecule has 7 nitrogen and oxygen atoms in total. The van der Waals surface area contributed by atoms with E-state index >= 15 is 0 Å². The molecule has 2 N–H and O–H groups in total. The highest BCUT2D eigenvalue weighted by Gasteiger charge is 2.53. The Morgan fingerprint density at radius 2 is 1.77 bits per heavy atom. The van der Waals surface area contributed by atoms with Crippen molar-refractivity contribution in [2.75, 3.05) is 4.90 Å². The number of aliphatic carboxylic acids is 1. The molecular weight excluding hydrogens is 336 g/mol. The molecule has 0 saturated heterocycles. The van der Waals surface area contributed by atoms with Gasteiger partial charge in [0.25, 0.3) is 0 Å². The van der Waals surface area contributed by atoms with E-state index in [1.165, 1.54) is 4.90 Å². The summed E-state index contributed by atoms with van der Waals surface area (Å²) in [7, 11) is 0. The van der Waals surface area contributed by atoms with Gasteiger partial charge in [0.05, 0.1) is 18.2 Å². The highest BCUT2D eigenvalue weighted by Crippen LogP contribution is 2.54. The summed E-state index contributed by atoms with van der Waals surface area (Å²) in [6, 6.07) is 7.28. The van der Waals surface area contributed by atoms with Crippen molar-refractivity contribution in [2.24, 2.45) is 5.92 Å². The van der Waals surface area contributed by atoms with Crippen LogP contribution in [0.1, 0.15) is 50.1 Å². The molecule has 138 valence electrons. The summed E-state index contributed by atoms with van der Waals surface area (Å²) in [6.07, 6.45) is 2.39. The predicted molar refractivity (Wildman–Crippen MR) is 92.9 cm³/mol. The molecule has 3 aliphatic rings. The van der Waals surface area contributed by atoms with Crippen LogP contribution in [-0.2, 0) is 9.59 Å². The molecule has 1 aromatic rings. The number of fused-ring (bicyclic) bond motifs is 2. The number of anilines is 1. The molecule has 2 saturated carbocycles. The Morgan fingerprint density at radius 1 is 1.04 bits per heavy atom. The molecule has 1 heterocycles. The predicted octanol–water partition coefficient (Wildman–Crippen LogP) is 2.86. The number of nitrogens with zero attached hydrogens (tertiary/aromatic N) is 2. The van der Waals surface area contributed by atoms with Crippen molar-refractivity contribution in [1.29, 1.82) is 0 Å². The second-order valence-corrected chi connectivity index (χ2v) is 7.39. The van der Waals surface area contributed by atoms with Crippen LogP contribution in [0.15, 0.2) is 24.3 Å². The van der Waals surface area contributed by atoms with Crippen LogP contribution < -0.4 is 4.90 Å². The van der Waals surface area contributed by atoms with Gasteiger partial charge in [0.15, 0.2) is 0 Å². The van der Waals surface area contributed by atoms with Gasteiger partial charge in [-0.25, -0.2) is 4.79 Å². The van der Waals surface area contributed by atoms with Crippen LogP contribution in [0.3, 0.4) is 0 Å². The second-order valence-electron chi connectivity index (χ2n) is 7.39. The number of carboxylic acids is 1. The Bertz CT molecular complexity index is 760. The van der Waals surface area contributed by atoms with Gasteiger partial charge >= 0.3 is 12.1 Å². The summed E-state index contributed by atoms with van der Waals surface area (Å²) in [5, 5.41) is 18.6. The lowest BCUT2D eigenvalue weighted by atomic mass is 9.68. The zero-order valence-corrected chi connectivity index (χ0v) is 14.4. The SMILES string of the molecule is O=C(O)CCC(=O)N(C1CC1)[C@@H]1c2ccccc2N(C(=O)O)[C@@H]2CC[C@@H]21. The van der Waals surface area contributed by atoms with Gasteiger partial charge in [-0.15, -0.1) is 0 Å². The lowest BCUT2D eigenvalue weighted by Gasteiger charge is -2.54. The first kappa shape index (κ1) is 16.9. The third-order valence-electron chi connectivity index (χ3n) is 5.83. The number of carbonyl (C=O) groups excluding carboxylic acids is 1. The first-order valence-electron chi connectivity index (χ1n) is 9.13. The van der Waals surface area contributed by atoms with Crippen LogP contribution in [0.25, 0.3) is 0 Å². The smallest absolute Gasteiger partial charge is 0.412 e. The van der Waals surface area contributed by atoms with E-state index in [2.05, 4.69) is 0 Å².